The van der Waals surface area contributed by atoms with E-state index in [1.165, 1.54) is 0 Å². The SMILES string of the molecule is COc1ccc([C@@H]2[C@H](S(=O)CCc3ccccc3)C(=O)N2c2ccccc2)cc1. The molecule has 0 aromatic heterocycles. The molecule has 0 N–H and O–H groups in total. The normalized spacial score (nSPS) is 19.5. The zero-order valence-electron chi connectivity index (χ0n) is 16.2. The van der Waals surface area contributed by atoms with Crippen LogP contribution < -0.4 is 9.64 Å². The number of ether oxygens (including phenoxy) is 1. The number of para-hydroxylation sites is 1. The molecule has 5 heteroatoms. The third-order valence-electron chi connectivity index (χ3n) is 5.26. The summed E-state index contributed by atoms with van der Waals surface area (Å²) in [5.74, 6) is 1.14. The summed E-state index contributed by atoms with van der Waals surface area (Å²) in [6.45, 7) is 0. The first-order valence-electron chi connectivity index (χ1n) is 9.62. The molecule has 148 valence electrons. The van der Waals surface area contributed by atoms with Crippen LogP contribution in [0.5, 0.6) is 5.75 Å². The van der Waals surface area contributed by atoms with Crippen molar-refractivity contribution in [3.63, 3.8) is 0 Å². The van der Waals surface area contributed by atoms with Crippen molar-refractivity contribution in [1.29, 1.82) is 0 Å². The van der Waals surface area contributed by atoms with Crippen molar-refractivity contribution in [3.05, 3.63) is 96.1 Å². The Bertz CT molecular complexity index is 990. The zero-order valence-corrected chi connectivity index (χ0v) is 17.0. The number of benzene rings is 3. The van der Waals surface area contributed by atoms with Gasteiger partial charge in [-0.2, -0.15) is 0 Å². The van der Waals surface area contributed by atoms with Gasteiger partial charge in [0.2, 0.25) is 5.91 Å². The quantitative estimate of drug-likeness (QED) is 0.555. The Hall–Kier alpha value is -2.92. The Labute approximate surface area is 173 Å². The van der Waals surface area contributed by atoms with Gasteiger partial charge in [0, 0.05) is 22.2 Å². The van der Waals surface area contributed by atoms with Crippen molar-refractivity contribution in [2.24, 2.45) is 0 Å². The van der Waals surface area contributed by atoms with Gasteiger partial charge in [-0.3, -0.25) is 9.00 Å². The molecule has 3 atom stereocenters. The number of aryl methyl sites for hydroxylation is 1. The first-order chi connectivity index (χ1) is 14.2. The first-order valence-corrected chi connectivity index (χ1v) is 11.0. The maximum absolute atomic E-state index is 13.1. The molecule has 1 saturated heterocycles. The molecule has 0 saturated carbocycles. The highest BCUT2D eigenvalue weighted by atomic mass is 32.2. The van der Waals surface area contributed by atoms with Gasteiger partial charge >= 0.3 is 0 Å². The molecular formula is C24H23NO3S. The van der Waals surface area contributed by atoms with Crippen LogP contribution >= 0.6 is 0 Å². The summed E-state index contributed by atoms with van der Waals surface area (Å²) < 4.78 is 18.4. The van der Waals surface area contributed by atoms with Crippen molar-refractivity contribution in [2.75, 3.05) is 17.8 Å². The highest BCUT2D eigenvalue weighted by Crippen LogP contribution is 2.42. The molecule has 1 aliphatic rings. The van der Waals surface area contributed by atoms with E-state index in [0.717, 1.165) is 22.6 Å². The van der Waals surface area contributed by atoms with Gasteiger partial charge in [0.25, 0.3) is 0 Å². The second-order valence-electron chi connectivity index (χ2n) is 7.00. The van der Waals surface area contributed by atoms with Gasteiger partial charge < -0.3 is 9.64 Å². The van der Waals surface area contributed by atoms with Gasteiger partial charge in [-0.25, -0.2) is 0 Å². The summed E-state index contributed by atoms with van der Waals surface area (Å²) in [6, 6.07) is 27.0. The molecule has 4 rings (SSSR count). The largest absolute Gasteiger partial charge is 0.497 e. The summed E-state index contributed by atoms with van der Waals surface area (Å²) in [4.78, 5) is 14.8. The molecule has 1 aliphatic heterocycles. The number of hydrogen-bond acceptors (Lipinski definition) is 3. The smallest absolute Gasteiger partial charge is 0.245 e. The minimum Gasteiger partial charge on any atom is -0.497 e. The van der Waals surface area contributed by atoms with Crippen molar-refractivity contribution in [2.45, 2.75) is 17.7 Å². The fourth-order valence-corrected chi connectivity index (χ4v) is 5.31. The molecule has 1 amide bonds. The molecule has 1 fully saturated rings. The lowest BCUT2D eigenvalue weighted by Crippen LogP contribution is -2.61. The minimum absolute atomic E-state index is 0.0802. The fourth-order valence-electron chi connectivity index (χ4n) is 3.71. The van der Waals surface area contributed by atoms with E-state index in [2.05, 4.69) is 0 Å². The summed E-state index contributed by atoms with van der Waals surface area (Å²) in [7, 11) is 0.361. The Morgan fingerprint density at radius 2 is 1.52 bits per heavy atom. The van der Waals surface area contributed by atoms with E-state index >= 15 is 0 Å². The molecule has 1 heterocycles. The Kier molecular flexibility index (Phi) is 5.76. The molecule has 0 radical (unpaired) electrons. The van der Waals surface area contributed by atoms with Crippen LogP contribution in [0, 0.1) is 0 Å². The average molecular weight is 406 g/mol. The van der Waals surface area contributed by atoms with E-state index in [0.29, 0.717) is 12.2 Å². The van der Waals surface area contributed by atoms with Gasteiger partial charge in [-0.05, 0) is 41.8 Å². The standard InChI is InChI=1S/C24H23NO3S/c1-28-21-14-12-19(13-15-21)22-23(24(26)25(22)20-10-6-3-7-11-20)29(27)17-16-18-8-4-2-5-9-18/h2-15,22-23H,16-17H2,1H3/t22-,23+,29?/m1/s1. The summed E-state index contributed by atoms with van der Waals surface area (Å²) >= 11 is 0. The monoisotopic (exact) mass is 405 g/mol. The van der Waals surface area contributed by atoms with Crippen LogP contribution in [-0.2, 0) is 22.0 Å². The number of carbonyl (C=O) groups is 1. The van der Waals surface area contributed by atoms with Crippen molar-refractivity contribution >= 4 is 22.4 Å². The average Bonchev–Trinajstić information content (AvgIpc) is 2.77. The van der Waals surface area contributed by atoms with E-state index in [1.807, 2.05) is 84.9 Å². The second-order valence-corrected chi connectivity index (χ2v) is 8.68. The molecule has 1 unspecified atom stereocenters. The number of rotatable bonds is 7. The lowest BCUT2D eigenvalue weighted by molar-refractivity contribution is -0.123. The highest BCUT2D eigenvalue weighted by Gasteiger charge is 2.51. The summed E-state index contributed by atoms with van der Waals surface area (Å²) in [5.41, 5.74) is 2.93. The number of carbonyl (C=O) groups excluding carboxylic acids is 1. The van der Waals surface area contributed by atoms with E-state index in [4.69, 9.17) is 4.74 Å². The Morgan fingerprint density at radius 1 is 0.897 bits per heavy atom. The molecule has 29 heavy (non-hydrogen) atoms. The van der Waals surface area contributed by atoms with Crippen LogP contribution in [-0.4, -0.2) is 28.2 Å². The molecule has 0 spiro atoms. The lowest BCUT2D eigenvalue weighted by atomic mass is 9.92. The lowest BCUT2D eigenvalue weighted by Gasteiger charge is -2.46. The van der Waals surface area contributed by atoms with Gasteiger partial charge in [0.05, 0.1) is 13.2 Å². The number of anilines is 1. The zero-order chi connectivity index (χ0) is 20.2. The van der Waals surface area contributed by atoms with Gasteiger partial charge in [0.1, 0.15) is 11.0 Å². The van der Waals surface area contributed by atoms with Crippen LogP contribution in [0.15, 0.2) is 84.9 Å². The van der Waals surface area contributed by atoms with Crippen LogP contribution in [0.2, 0.25) is 0 Å². The van der Waals surface area contributed by atoms with E-state index in [-0.39, 0.29) is 11.9 Å². The summed E-state index contributed by atoms with van der Waals surface area (Å²) in [5, 5.41) is -0.535. The maximum Gasteiger partial charge on any atom is 0.245 e. The molecule has 4 nitrogen and oxygen atoms in total. The van der Waals surface area contributed by atoms with Gasteiger partial charge in [0.15, 0.2) is 0 Å². The molecule has 0 aliphatic carbocycles. The number of β-lactam (4-membered cyclic amide) rings is 1. The van der Waals surface area contributed by atoms with E-state index in [1.54, 1.807) is 12.0 Å². The maximum atomic E-state index is 13.1. The van der Waals surface area contributed by atoms with Crippen molar-refractivity contribution in [1.82, 2.24) is 0 Å². The van der Waals surface area contributed by atoms with Crippen molar-refractivity contribution < 1.29 is 13.7 Å². The number of nitrogens with zero attached hydrogens (tertiary/aromatic N) is 1. The minimum atomic E-state index is -1.26. The van der Waals surface area contributed by atoms with Crippen LogP contribution in [0.4, 0.5) is 5.69 Å². The van der Waals surface area contributed by atoms with Crippen molar-refractivity contribution in [3.8, 4) is 5.75 Å². The number of amides is 1. The van der Waals surface area contributed by atoms with E-state index in [9.17, 15) is 9.00 Å². The Balaban J connectivity index is 1.59. The van der Waals surface area contributed by atoms with Crippen LogP contribution in [0.1, 0.15) is 17.2 Å². The predicted octanol–water partition coefficient (Wildman–Crippen LogP) is 4.14. The summed E-state index contributed by atoms with van der Waals surface area (Å²) in [6.07, 6.45) is 0.692. The third kappa shape index (κ3) is 3.96. The van der Waals surface area contributed by atoms with Crippen LogP contribution in [0.3, 0.4) is 0 Å². The highest BCUT2D eigenvalue weighted by molar-refractivity contribution is 7.86. The van der Waals surface area contributed by atoms with E-state index < -0.39 is 16.0 Å². The fraction of sp³-hybridized carbons (Fsp3) is 0.208. The second kappa shape index (κ2) is 8.62. The first kappa shape index (κ1) is 19.4. The molecule has 3 aromatic rings. The number of methoxy groups -OCH3 is 1. The number of hydrogen-bond donors (Lipinski definition) is 0. The molecule has 3 aromatic carbocycles. The molecule has 0 bridgehead atoms. The Morgan fingerprint density at radius 3 is 2.14 bits per heavy atom. The predicted molar refractivity (Wildman–Crippen MR) is 117 cm³/mol. The van der Waals surface area contributed by atoms with Gasteiger partial charge in [-0.1, -0.05) is 60.7 Å². The topological polar surface area (TPSA) is 46.6 Å². The van der Waals surface area contributed by atoms with Crippen LogP contribution in [0.25, 0.3) is 0 Å². The third-order valence-corrected chi connectivity index (χ3v) is 6.89. The van der Waals surface area contributed by atoms with Gasteiger partial charge in [-0.15, -0.1) is 0 Å². The molecular weight excluding hydrogens is 382 g/mol.